The van der Waals surface area contributed by atoms with Crippen molar-refractivity contribution in [2.75, 3.05) is 6.54 Å². The predicted molar refractivity (Wildman–Crippen MR) is 114 cm³/mol. The van der Waals surface area contributed by atoms with Crippen LogP contribution in [0.15, 0.2) is 23.1 Å². The summed E-state index contributed by atoms with van der Waals surface area (Å²) >= 11 is 12.9. The molecule has 8 heteroatoms. The molecule has 0 aliphatic carbocycles. The van der Waals surface area contributed by atoms with Crippen LogP contribution in [0.1, 0.15) is 41.0 Å². The number of aromatic amines is 2. The molecule has 0 fully saturated rings. The van der Waals surface area contributed by atoms with E-state index < -0.39 is 0 Å². The zero-order chi connectivity index (χ0) is 20.9. The molecule has 3 heterocycles. The van der Waals surface area contributed by atoms with Gasteiger partial charge >= 0.3 is 0 Å². The van der Waals surface area contributed by atoms with Crippen molar-refractivity contribution in [3.63, 3.8) is 0 Å². The van der Waals surface area contributed by atoms with Crippen molar-refractivity contribution in [2.45, 2.75) is 39.8 Å². The van der Waals surface area contributed by atoms with Gasteiger partial charge in [-0.15, -0.1) is 0 Å². The maximum absolute atomic E-state index is 13.3. The number of aromatic nitrogens is 2. The SMILES string of the molecule is Cc1[nH]c(=O)c(CN2CCc3c(Cl)cc(OC(C)C)c(Cl)c3C2=O)c2[nH]ccc12. The van der Waals surface area contributed by atoms with Crippen molar-refractivity contribution in [1.29, 1.82) is 0 Å². The number of ether oxygens (including phenoxy) is 1. The van der Waals surface area contributed by atoms with Crippen LogP contribution in [-0.2, 0) is 13.0 Å². The lowest BCUT2D eigenvalue weighted by Gasteiger charge is -2.30. The number of carbonyl (C=O) groups excluding carboxylic acids is 1. The van der Waals surface area contributed by atoms with E-state index in [0.717, 1.165) is 22.2 Å². The summed E-state index contributed by atoms with van der Waals surface area (Å²) in [4.78, 5) is 33.5. The number of amides is 1. The normalized spacial score (nSPS) is 14.0. The van der Waals surface area contributed by atoms with Crippen LogP contribution < -0.4 is 10.3 Å². The lowest BCUT2D eigenvalue weighted by atomic mass is 9.97. The van der Waals surface area contributed by atoms with Crippen molar-refractivity contribution < 1.29 is 9.53 Å². The van der Waals surface area contributed by atoms with Gasteiger partial charge in [-0.1, -0.05) is 23.2 Å². The number of nitrogens with zero attached hydrogens (tertiary/aromatic N) is 1. The number of rotatable bonds is 4. The number of benzene rings is 1. The number of H-pyrrole nitrogens is 2. The summed E-state index contributed by atoms with van der Waals surface area (Å²) in [5.74, 6) is 0.132. The van der Waals surface area contributed by atoms with Gasteiger partial charge in [0.25, 0.3) is 11.5 Å². The molecule has 29 heavy (non-hydrogen) atoms. The Labute approximate surface area is 177 Å². The first kappa shape index (κ1) is 19.9. The van der Waals surface area contributed by atoms with Gasteiger partial charge in [-0.25, -0.2) is 0 Å². The highest BCUT2D eigenvalue weighted by molar-refractivity contribution is 6.38. The molecule has 1 amide bonds. The number of aryl methyl sites for hydroxylation is 1. The first-order valence-corrected chi connectivity index (χ1v) is 10.2. The lowest BCUT2D eigenvalue weighted by molar-refractivity contribution is 0.0726. The molecule has 0 spiro atoms. The molecule has 0 saturated carbocycles. The van der Waals surface area contributed by atoms with E-state index in [0.29, 0.717) is 34.9 Å². The molecule has 0 atom stereocenters. The van der Waals surface area contributed by atoms with E-state index in [-0.39, 0.29) is 29.1 Å². The summed E-state index contributed by atoms with van der Waals surface area (Å²) in [6.07, 6.45) is 2.23. The second-order valence-corrected chi connectivity index (χ2v) is 8.28. The summed E-state index contributed by atoms with van der Waals surface area (Å²) < 4.78 is 5.73. The first-order chi connectivity index (χ1) is 13.8. The summed E-state index contributed by atoms with van der Waals surface area (Å²) in [7, 11) is 0. The predicted octanol–water partition coefficient (Wildman–Crippen LogP) is 4.46. The minimum absolute atomic E-state index is 0.108. The van der Waals surface area contributed by atoms with Crippen LogP contribution in [0.3, 0.4) is 0 Å². The van der Waals surface area contributed by atoms with E-state index in [4.69, 9.17) is 27.9 Å². The average molecular weight is 434 g/mol. The van der Waals surface area contributed by atoms with Gasteiger partial charge in [0.1, 0.15) is 5.75 Å². The van der Waals surface area contributed by atoms with Crippen LogP contribution >= 0.6 is 23.2 Å². The Kier molecular flexibility index (Phi) is 5.09. The summed E-state index contributed by atoms with van der Waals surface area (Å²) in [6.45, 7) is 6.23. The molecule has 152 valence electrons. The maximum Gasteiger partial charge on any atom is 0.256 e. The molecule has 2 aromatic heterocycles. The monoisotopic (exact) mass is 433 g/mol. The zero-order valence-electron chi connectivity index (χ0n) is 16.4. The largest absolute Gasteiger partial charge is 0.489 e. The topological polar surface area (TPSA) is 78.2 Å². The number of fused-ring (bicyclic) bond motifs is 2. The molecule has 0 bridgehead atoms. The number of halogens is 2. The van der Waals surface area contributed by atoms with Crippen LogP contribution in [0.5, 0.6) is 5.75 Å². The molecule has 4 rings (SSSR count). The minimum Gasteiger partial charge on any atom is -0.489 e. The number of nitrogens with one attached hydrogen (secondary N) is 2. The Morgan fingerprint density at radius 3 is 2.76 bits per heavy atom. The van der Waals surface area contributed by atoms with Crippen molar-refractivity contribution in [3.05, 3.63) is 61.1 Å². The molecule has 6 nitrogen and oxygen atoms in total. The van der Waals surface area contributed by atoms with Gasteiger partial charge < -0.3 is 19.6 Å². The van der Waals surface area contributed by atoms with E-state index >= 15 is 0 Å². The highest BCUT2D eigenvalue weighted by atomic mass is 35.5. The van der Waals surface area contributed by atoms with Crippen molar-refractivity contribution in [2.24, 2.45) is 0 Å². The van der Waals surface area contributed by atoms with Gasteiger partial charge in [0.05, 0.1) is 34.3 Å². The van der Waals surface area contributed by atoms with Gasteiger partial charge in [0.2, 0.25) is 0 Å². The van der Waals surface area contributed by atoms with E-state index in [2.05, 4.69) is 9.97 Å². The van der Waals surface area contributed by atoms with Gasteiger partial charge in [-0.2, -0.15) is 0 Å². The average Bonchev–Trinajstić information content (AvgIpc) is 3.14. The fraction of sp³-hybridized carbons (Fsp3) is 0.333. The van der Waals surface area contributed by atoms with E-state index in [1.165, 1.54) is 0 Å². The third-order valence-electron chi connectivity index (χ3n) is 5.16. The Bertz CT molecular complexity index is 1180. The molecular weight excluding hydrogens is 413 g/mol. The lowest BCUT2D eigenvalue weighted by Crippen LogP contribution is -2.39. The van der Waals surface area contributed by atoms with Crippen LogP contribution in [0.4, 0.5) is 0 Å². The number of hydrogen-bond acceptors (Lipinski definition) is 3. The molecule has 1 aliphatic heterocycles. The third-order valence-corrected chi connectivity index (χ3v) is 5.87. The molecule has 2 N–H and O–H groups in total. The molecule has 0 saturated heterocycles. The molecule has 3 aromatic rings. The third kappa shape index (κ3) is 3.40. The van der Waals surface area contributed by atoms with E-state index in [1.807, 2.05) is 26.8 Å². The highest BCUT2D eigenvalue weighted by Gasteiger charge is 2.31. The quantitative estimate of drug-likeness (QED) is 0.637. The molecule has 0 unspecified atom stereocenters. The smallest absolute Gasteiger partial charge is 0.256 e. The second kappa shape index (κ2) is 7.43. The van der Waals surface area contributed by atoms with Crippen LogP contribution in [0.25, 0.3) is 10.9 Å². The Hall–Kier alpha value is -2.44. The molecule has 1 aliphatic rings. The first-order valence-electron chi connectivity index (χ1n) is 9.43. The highest BCUT2D eigenvalue weighted by Crippen LogP contribution is 2.39. The van der Waals surface area contributed by atoms with Crippen LogP contribution in [-0.4, -0.2) is 33.4 Å². The Morgan fingerprint density at radius 1 is 1.28 bits per heavy atom. The second-order valence-electron chi connectivity index (χ2n) is 7.49. The minimum atomic E-state index is -0.257. The van der Waals surface area contributed by atoms with Crippen molar-refractivity contribution in [3.8, 4) is 5.75 Å². The van der Waals surface area contributed by atoms with E-state index in [9.17, 15) is 9.59 Å². The van der Waals surface area contributed by atoms with Gasteiger partial charge in [-0.3, -0.25) is 9.59 Å². The molecular formula is C21H21Cl2N3O3. The summed E-state index contributed by atoms with van der Waals surface area (Å²) in [6, 6.07) is 3.57. The van der Waals surface area contributed by atoms with Gasteiger partial charge in [0.15, 0.2) is 0 Å². The molecule has 1 aromatic carbocycles. The van der Waals surface area contributed by atoms with Crippen LogP contribution in [0.2, 0.25) is 10.0 Å². The van der Waals surface area contributed by atoms with E-state index in [1.54, 1.807) is 17.2 Å². The van der Waals surface area contributed by atoms with Gasteiger partial charge in [-0.05, 0) is 38.8 Å². The number of pyridine rings is 1. The number of carbonyl (C=O) groups is 1. The maximum atomic E-state index is 13.3. The van der Waals surface area contributed by atoms with Crippen LogP contribution in [0, 0.1) is 6.92 Å². The standard InChI is InChI=1S/C21H21Cl2N3O3/c1-10(2)29-16-8-15(22)13-5-7-26(21(28)17(13)18(16)23)9-14-19-12(4-6-24-19)11(3)25-20(14)27/h4,6,8,10,24H,5,7,9H2,1-3H3,(H,25,27). The summed E-state index contributed by atoms with van der Waals surface area (Å²) in [5.41, 5.74) is 2.91. The Morgan fingerprint density at radius 2 is 2.03 bits per heavy atom. The van der Waals surface area contributed by atoms with Crippen molar-refractivity contribution in [1.82, 2.24) is 14.9 Å². The van der Waals surface area contributed by atoms with Gasteiger partial charge in [0, 0.05) is 34.9 Å². The van der Waals surface area contributed by atoms with Crippen molar-refractivity contribution >= 4 is 40.0 Å². The molecule has 0 radical (unpaired) electrons. The zero-order valence-corrected chi connectivity index (χ0v) is 17.9. The fourth-order valence-electron chi connectivity index (χ4n) is 3.80. The fourth-order valence-corrected chi connectivity index (χ4v) is 4.39. The Balaban J connectivity index is 1.74. The summed E-state index contributed by atoms with van der Waals surface area (Å²) in [5, 5.41) is 1.65. The number of hydrogen-bond donors (Lipinski definition) is 2.